The van der Waals surface area contributed by atoms with E-state index in [0.717, 1.165) is 11.4 Å². The van der Waals surface area contributed by atoms with Gasteiger partial charge >= 0.3 is 0 Å². The lowest BCUT2D eigenvalue weighted by Gasteiger charge is -2.23. The lowest BCUT2D eigenvalue weighted by Crippen LogP contribution is -2.48. The molecule has 0 bridgehead atoms. The van der Waals surface area contributed by atoms with Crippen molar-refractivity contribution in [2.75, 3.05) is 19.6 Å². The molecule has 1 aromatic rings. The highest BCUT2D eigenvalue weighted by atomic mass is 35.5. The van der Waals surface area contributed by atoms with E-state index in [2.05, 4.69) is 10.6 Å². The van der Waals surface area contributed by atoms with Crippen molar-refractivity contribution in [1.29, 1.82) is 0 Å². The summed E-state index contributed by atoms with van der Waals surface area (Å²) in [6, 6.07) is 2.98. The molecule has 1 aromatic heterocycles. The van der Waals surface area contributed by atoms with Crippen molar-refractivity contribution >= 4 is 39.7 Å². The highest BCUT2D eigenvalue weighted by Crippen LogP contribution is 2.30. The van der Waals surface area contributed by atoms with Gasteiger partial charge in [-0.15, -0.1) is 23.7 Å². The molecule has 1 unspecified atom stereocenters. The number of thiophene rings is 1. The van der Waals surface area contributed by atoms with Crippen molar-refractivity contribution in [3.05, 3.63) is 17.0 Å². The van der Waals surface area contributed by atoms with E-state index < -0.39 is 16.1 Å². The summed E-state index contributed by atoms with van der Waals surface area (Å²) in [6.45, 7) is 7.60. The van der Waals surface area contributed by atoms with Gasteiger partial charge in [0.2, 0.25) is 5.91 Å². The fraction of sp³-hybridized carbons (Fsp3) is 0.667. The highest BCUT2D eigenvalue weighted by Gasteiger charge is 2.39. The first kappa shape index (κ1) is 21.4. The molecule has 2 atom stereocenters. The van der Waals surface area contributed by atoms with Crippen LogP contribution in [0.25, 0.3) is 0 Å². The minimum Gasteiger partial charge on any atom is -0.353 e. The van der Waals surface area contributed by atoms with Gasteiger partial charge in [-0.1, -0.05) is 6.92 Å². The number of rotatable bonds is 7. The van der Waals surface area contributed by atoms with Crippen LogP contribution in [0.5, 0.6) is 0 Å². The molecule has 138 valence electrons. The number of hydrogen-bond acceptors (Lipinski definition) is 5. The molecular weight excluding hydrogens is 370 g/mol. The Bertz CT molecular complexity index is 648. The zero-order valence-electron chi connectivity index (χ0n) is 14.2. The number of sulfonamides is 1. The number of carbonyl (C=O) groups is 1. The van der Waals surface area contributed by atoms with Gasteiger partial charge in [-0.25, -0.2) is 8.42 Å². The highest BCUT2D eigenvalue weighted by molar-refractivity contribution is 7.91. The van der Waals surface area contributed by atoms with Crippen LogP contribution in [0.3, 0.4) is 0 Å². The molecule has 1 saturated heterocycles. The van der Waals surface area contributed by atoms with Crippen molar-refractivity contribution in [1.82, 2.24) is 14.9 Å². The first-order valence-corrected chi connectivity index (χ1v) is 10.2. The SMILES string of the molecule is CCN[C@H](C)CNC(=O)C1CCCN1S(=O)(=O)c1ccc(C)s1.Cl. The smallest absolute Gasteiger partial charge is 0.253 e. The predicted octanol–water partition coefficient (Wildman–Crippen LogP) is 1.75. The molecular formula is C15H26ClN3O3S2. The third kappa shape index (κ3) is 4.92. The number of aryl methyl sites for hydroxylation is 1. The molecule has 2 N–H and O–H groups in total. The molecule has 0 saturated carbocycles. The summed E-state index contributed by atoms with van der Waals surface area (Å²) >= 11 is 1.25. The van der Waals surface area contributed by atoms with Crippen LogP contribution in [-0.4, -0.2) is 50.3 Å². The van der Waals surface area contributed by atoms with Crippen molar-refractivity contribution in [2.45, 2.75) is 49.9 Å². The second-order valence-corrected chi connectivity index (χ2v) is 9.25. The summed E-state index contributed by atoms with van der Waals surface area (Å²) in [5.41, 5.74) is 0. The largest absolute Gasteiger partial charge is 0.353 e. The van der Waals surface area contributed by atoms with Gasteiger partial charge in [-0.3, -0.25) is 4.79 Å². The molecule has 1 aliphatic heterocycles. The molecule has 1 aliphatic rings. The van der Waals surface area contributed by atoms with Crippen molar-refractivity contribution in [3.8, 4) is 0 Å². The van der Waals surface area contributed by atoms with Gasteiger partial charge in [0.1, 0.15) is 10.3 Å². The molecule has 1 amide bonds. The molecule has 0 aliphatic carbocycles. The number of halogens is 1. The lowest BCUT2D eigenvalue weighted by atomic mass is 10.2. The molecule has 2 heterocycles. The zero-order valence-corrected chi connectivity index (χ0v) is 16.7. The maximum Gasteiger partial charge on any atom is 0.253 e. The van der Waals surface area contributed by atoms with Crippen molar-refractivity contribution in [3.63, 3.8) is 0 Å². The maximum absolute atomic E-state index is 12.7. The van der Waals surface area contributed by atoms with Crippen LogP contribution in [0, 0.1) is 6.92 Å². The number of hydrogen-bond donors (Lipinski definition) is 2. The van der Waals surface area contributed by atoms with Gasteiger partial charge in [0, 0.05) is 24.0 Å². The summed E-state index contributed by atoms with van der Waals surface area (Å²) in [5, 5.41) is 6.08. The summed E-state index contributed by atoms with van der Waals surface area (Å²) in [6.07, 6.45) is 1.29. The molecule has 9 heteroatoms. The average Bonchev–Trinajstić information content (AvgIpc) is 3.14. The minimum absolute atomic E-state index is 0. The Balaban J connectivity index is 0.00000288. The van der Waals surface area contributed by atoms with E-state index in [1.807, 2.05) is 20.8 Å². The first-order chi connectivity index (χ1) is 10.9. The first-order valence-electron chi connectivity index (χ1n) is 7.95. The Kier molecular flexibility index (Phi) is 8.14. The third-order valence-corrected chi connectivity index (χ3v) is 7.30. The Labute approximate surface area is 154 Å². The number of likely N-dealkylation sites (N-methyl/N-ethyl adjacent to an activating group) is 1. The van der Waals surface area contributed by atoms with Gasteiger partial charge in [-0.05, 0) is 45.4 Å². The summed E-state index contributed by atoms with van der Waals surface area (Å²) in [4.78, 5) is 13.4. The van der Waals surface area contributed by atoms with Gasteiger partial charge < -0.3 is 10.6 Å². The monoisotopic (exact) mass is 395 g/mol. The van der Waals surface area contributed by atoms with Crippen LogP contribution in [0.1, 0.15) is 31.6 Å². The number of carbonyl (C=O) groups excluding carboxylic acids is 1. The normalized spacial score (nSPS) is 19.7. The van der Waals surface area contributed by atoms with E-state index in [1.54, 1.807) is 12.1 Å². The maximum atomic E-state index is 12.7. The number of amides is 1. The number of nitrogens with zero attached hydrogens (tertiary/aromatic N) is 1. The van der Waals surface area contributed by atoms with Crippen LogP contribution in [0.4, 0.5) is 0 Å². The Morgan fingerprint density at radius 3 is 2.75 bits per heavy atom. The molecule has 2 rings (SSSR count). The zero-order chi connectivity index (χ0) is 17.0. The quantitative estimate of drug-likeness (QED) is 0.737. The standard InChI is InChI=1S/C15H25N3O3S2.ClH/c1-4-16-11(2)10-17-15(19)13-6-5-9-18(13)23(20,21)14-8-7-12(3)22-14;/h7-8,11,13,16H,4-6,9-10H2,1-3H3,(H,17,19);1H/t11-,13?;/m1./s1. The van der Waals surface area contributed by atoms with E-state index in [0.29, 0.717) is 30.1 Å². The van der Waals surface area contributed by atoms with Crippen molar-refractivity contribution < 1.29 is 13.2 Å². The van der Waals surface area contributed by atoms with E-state index in [9.17, 15) is 13.2 Å². The average molecular weight is 396 g/mol. The lowest BCUT2D eigenvalue weighted by molar-refractivity contribution is -0.124. The fourth-order valence-corrected chi connectivity index (χ4v) is 5.82. The number of nitrogens with one attached hydrogen (secondary N) is 2. The van der Waals surface area contributed by atoms with Gasteiger partial charge in [-0.2, -0.15) is 4.31 Å². The van der Waals surface area contributed by atoms with E-state index >= 15 is 0 Å². The second-order valence-electron chi connectivity index (χ2n) is 5.84. The molecule has 0 spiro atoms. The third-order valence-electron chi connectivity index (χ3n) is 3.92. The van der Waals surface area contributed by atoms with E-state index in [-0.39, 0.29) is 24.4 Å². The second kappa shape index (κ2) is 9.15. The van der Waals surface area contributed by atoms with E-state index in [1.165, 1.54) is 15.6 Å². The topological polar surface area (TPSA) is 78.5 Å². The van der Waals surface area contributed by atoms with Crippen LogP contribution < -0.4 is 10.6 Å². The Morgan fingerprint density at radius 1 is 1.46 bits per heavy atom. The summed E-state index contributed by atoms with van der Waals surface area (Å²) < 4.78 is 27.2. The van der Waals surface area contributed by atoms with Crippen LogP contribution >= 0.6 is 23.7 Å². The molecule has 1 fully saturated rings. The summed E-state index contributed by atoms with van der Waals surface area (Å²) in [7, 11) is -3.59. The van der Waals surface area contributed by atoms with Crippen molar-refractivity contribution in [2.24, 2.45) is 0 Å². The van der Waals surface area contributed by atoms with Gasteiger partial charge in [0.05, 0.1) is 0 Å². The molecule has 24 heavy (non-hydrogen) atoms. The Hall–Kier alpha value is -0.670. The van der Waals surface area contributed by atoms with Gasteiger partial charge in [0.25, 0.3) is 10.0 Å². The Morgan fingerprint density at radius 2 is 2.17 bits per heavy atom. The van der Waals surface area contributed by atoms with Gasteiger partial charge in [0.15, 0.2) is 0 Å². The molecule has 0 aromatic carbocycles. The molecule has 6 nitrogen and oxygen atoms in total. The van der Waals surface area contributed by atoms with E-state index in [4.69, 9.17) is 0 Å². The molecule has 0 radical (unpaired) electrons. The van der Waals surface area contributed by atoms with Crippen LogP contribution in [0.2, 0.25) is 0 Å². The predicted molar refractivity (Wildman–Crippen MR) is 99.4 cm³/mol. The fourth-order valence-electron chi connectivity index (χ4n) is 2.75. The van der Waals surface area contributed by atoms with Crippen LogP contribution in [0.15, 0.2) is 16.3 Å². The minimum atomic E-state index is -3.59. The summed E-state index contributed by atoms with van der Waals surface area (Å²) in [5.74, 6) is -0.205. The van der Waals surface area contributed by atoms with Crippen LogP contribution in [-0.2, 0) is 14.8 Å².